The molecule has 0 atom stereocenters. The lowest BCUT2D eigenvalue weighted by Gasteiger charge is -2.23. The number of ether oxygens (including phenoxy) is 1. The van der Waals surface area contributed by atoms with E-state index < -0.39 is 5.09 Å². The molecule has 0 bridgehead atoms. The number of nitrogens with one attached hydrogen (secondary N) is 1. The maximum Gasteiger partial charge on any atom is 0.291 e. The van der Waals surface area contributed by atoms with Crippen molar-refractivity contribution < 1.29 is 19.8 Å². The third-order valence-corrected chi connectivity index (χ3v) is 3.63. The first kappa shape index (κ1) is 17.9. The third kappa shape index (κ3) is 6.53. The molecule has 1 saturated carbocycles. The van der Waals surface area contributed by atoms with E-state index in [9.17, 15) is 4.79 Å². The van der Waals surface area contributed by atoms with Gasteiger partial charge in [0, 0.05) is 23.7 Å². The van der Waals surface area contributed by atoms with E-state index in [0.29, 0.717) is 11.6 Å². The van der Waals surface area contributed by atoms with E-state index in [4.69, 9.17) is 20.1 Å². The molecule has 0 saturated heterocycles. The highest BCUT2D eigenvalue weighted by atomic mass is 16.9. The number of nitrogens with zero attached hydrogens (tertiary/aromatic N) is 1. The second kappa shape index (κ2) is 9.73. The number of hydrogen-bond acceptors (Lipinski definition) is 5. The van der Waals surface area contributed by atoms with Gasteiger partial charge in [-0.1, -0.05) is 19.3 Å². The second-order valence-electron chi connectivity index (χ2n) is 5.14. The van der Waals surface area contributed by atoms with Gasteiger partial charge in [0.15, 0.2) is 0 Å². The summed E-state index contributed by atoms with van der Waals surface area (Å²) in [5, 5.41) is 17.2. The van der Waals surface area contributed by atoms with Crippen molar-refractivity contribution in [1.29, 1.82) is 0 Å². The largest absolute Gasteiger partial charge is 0.496 e. The van der Waals surface area contributed by atoms with Crippen LogP contribution >= 0.6 is 0 Å². The van der Waals surface area contributed by atoms with E-state index in [2.05, 4.69) is 5.32 Å². The summed E-state index contributed by atoms with van der Waals surface area (Å²) in [7, 11) is 1.67. The highest BCUT2D eigenvalue weighted by Gasteiger charge is 2.13. The van der Waals surface area contributed by atoms with Crippen LogP contribution < -0.4 is 10.1 Å². The summed E-state index contributed by atoms with van der Waals surface area (Å²) in [6, 6.07) is 6.17. The zero-order valence-corrected chi connectivity index (χ0v) is 12.7. The first-order valence-corrected chi connectivity index (χ1v) is 7.25. The smallest absolute Gasteiger partial charge is 0.291 e. The molecule has 1 aromatic carbocycles. The number of hydrogen-bond donors (Lipinski definition) is 2. The molecule has 0 aliphatic heterocycles. The number of methoxy groups -OCH3 is 1. The molecule has 7 nitrogen and oxygen atoms in total. The van der Waals surface area contributed by atoms with Crippen molar-refractivity contribution in [3.8, 4) is 5.75 Å². The predicted octanol–water partition coefficient (Wildman–Crippen LogP) is 2.58. The van der Waals surface area contributed by atoms with Gasteiger partial charge < -0.3 is 15.3 Å². The van der Waals surface area contributed by atoms with Gasteiger partial charge in [-0.05, 0) is 31.0 Å². The maximum absolute atomic E-state index is 10.8. The van der Waals surface area contributed by atoms with Gasteiger partial charge >= 0.3 is 0 Å². The maximum atomic E-state index is 10.8. The van der Waals surface area contributed by atoms with Gasteiger partial charge in [0.25, 0.3) is 5.09 Å². The lowest BCUT2D eigenvalue weighted by molar-refractivity contribution is -0.742. The van der Waals surface area contributed by atoms with Crippen LogP contribution in [0, 0.1) is 10.1 Å². The van der Waals surface area contributed by atoms with Crippen molar-refractivity contribution in [3.63, 3.8) is 0 Å². The molecule has 1 aromatic rings. The van der Waals surface area contributed by atoms with E-state index in [1.807, 2.05) is 12.1 Å². The molecule has 0 unspecified atom stereocenters. The van der Waals surface area contributed by atoms with Gasteiger partial charge in [-0.25, -0.2) is 0 Å². The minimum Gasteiger partial charge on any atom is -0.496 e. The Morgan fingerprint density at radius 1 is 1.41 bits per heavy atom. The molecule has 0 spiro atoms. The Balaban J connectivity index is 0.000000541. The van der Waals surface area contributed by atoms with Gasteiger partial charge in [0.1, 0.15) is 12.0 Å². The fourth-order valence-electron chi connectivity index (χ4n) is 2.57. The van der Waals surface area contributed by atoms with Crippen LogP contribution in [0.4, 0.5) is 0 Å². The molecule has 1 fully saturated rings. The Bertz CT molecular complexity index is 483. The molecule has 1 aliphatic rings. The third-order valence-electron chi connectivity index (χ3n) is 3.63. The Morgan fingerprint density at radius 2 is 2.05 bits per heavy atom. The highest BCUT2D eigenvalue weighted by molar-refractivity contribution is 5.75. The van der Waals surface area contributed by atoms with E-state index >= 15 is 0 Å². The Labute approximate surface area is 129 Å². The van der Waals surface area contributed by atoms with Gasteiger partial charge in [0.2, 0.25) is 0 Å². The molecule has 2 N–H and O–H groups in total. The van der Waals surface area contributed by atoms with Crippen molar-refractivity contribution in [2.45, 2.75) is 44.7 Å². The Kier molecular flexibility index (Phi) is 7.91. The summed E-state index contributed by atoms with van der Waals surface area (Å²) in [5.41, 5.74) is 1.77. The van der Waals surface area contributed by atoms with Crippen LogP contribution in [0.25, 0.3) is 0 Å². The van der Waals surface area contributed by atoms with Crippen molar-refractivity contribution in [3.05, 3.63) is 39.4 Å². The number of rotatable bonds is 5. The normalized spacial score (nSPS) is 14.6. The van der Waals surface area contributed by atoms with Gasteiger partial charge in [-0.2, -0.15) is 0 Å². The average Bonchev–Trinajstić information content (AvgIpc) is 2.53. The molecule has 0 amide bonds. The van der Waals surface area contributed by atoms with E-state index in [-0.39, 0.29) is 0 Å². The van der Waals surface area contributed by atoms with Crippen LogP contribution in [0.3, 0.4) is 0 Å². The van der Waals surface area contributed by atoms with Crippen LogP contribution in [-0.4, -0.2) is 29.7 Å². The highest BCUT2D eigenvalue weighted by Crippen LogP contribution is 2.21. The number of aldehydes is 1. The molecule has 2 rings (SSSR count). The van der Waals surface area contributed by atoms with Crippen molar-refractivity contribution >= 4 is 6.29 Å². The van der Waals surface area contributed by atoms with Crippen molar-refractivity contribution in [2.75, 3.05) is 7.11 Å². The molecular weight excluding hydrogens is 288 g/mol. The van der Waals surface area contributed by atoms with Gasteiger partial charge in [-0.15, -0.1) is 10.1 Å². The summed E-state index contributed by atoms with van der Waals surface area (Å²) >= 11 is 0. The van der Waals surface area contributed by atoms with E-state index in [0.717, 1.165) is 24.1 Å². The molecule has 1 aliphatic carbocycles. The number of carbonyl (C=O) groups excluding carboxylic acids is 1. The summed E-state index contributed by atoms with van der Waals surface area (Å²) in [5.74, 6) is 0.851. The van der Waals surface area contributed by atoms with E-state index in [1.54, 1.807) is 13.2 Å². The minimum absolute atomic E-state index is 0.614. The standard InChI is InChI=1S/C15H21NO2.HNO3/c1-18-15-8-7-12(11-17)9-13(15)10-16-14-5-3-2-4-6-14;2-1(3)4/h7-9,11,14,16H,2-6,10H2,1H3;(H,2,3,4). The molecule has 0 heterocycles. The first-order chi connectivity index (χ1) is 10.6. The topological polar surface area (TPSA) is 102 Å². The monoisotopic (exact) mass is 310 g/mol. The van der Waals surface area contributed by atoms with E-state index in [1.165, 1.54) is 32.1 Å². The number of carbonyl (C=O) groups is 1. The molecular formula is C15H22N2O5. The summed E-state index contributed by atoms with van der Waals surface area (Å²) in [4.78, 5) is 19.2. The first-order valence-electron chi connectivity index (χ1n) is 7.25. The van der Waals surface area contributed by atoms with Crippen LogP contribution in [0.2, 0.25) is 0 Å². The Morgan fingerprint density at radius 3 is 2.59 bits per heavy atom. The SMILES string of the molecule is COc1ccc(C=O)cc1CNC1CCCCC1.O=[N+]([O-])O. The molecule has 122 valence electrons. The predicted molar refractivity (Wildman–Crippen MR) is 80.9 cm³/mol. The molecule has 7 heteroatoms. The zero-order chi connectivity index (χ0) is 16.4. The molecule has 0 radical (unpaired) electrons. The quantitative estimate of drug-likeness (QED) is 0.492. The minimum atomic E-state index is -1.50. The van der Waals surface area contributed by atoms with Crippen LogP contribution in [0.1, 0.15) is 48.0 Å². The lowest BCUT2D eigenvalue weighted by Crippen LogP contribution is -2.30. The van der Waals surface area contributed by atoms with Crippen LogP contribution in [0.5, 0.6) is 5.75 Å². The van der Waals surface area contributed by atoms with Crippen molar-refractivity contribution in [2.24, 2.45) is 0 Å². The van der Waals surface area contributed by atoms with Gasteiger partial charge in [0.05, 0.1) is 7.11 Å². The van der Waals surface area contributed by atoms with Crippen LogP contribution in [0.15, 0.2) is 18.2 Å². The summed E-state index contributed by atoms with van der Waals surface area (Å²) in [6.45, 7) is 0.773. The fourth-order valence-corrected chi connectivity index (χ4v) is 2.57. The second-order valence-corrected chi connectivity index (χ2v) is 5.14. The van der Waals surface area contributed by atoms with Gasteiger partial charge in [-0.3, -0.25) is 4.79 Å². The number of benzene rings is 1. The molecule has 22 heavy (non-hydrogen) atoms. The van der Waals surface area contributed by atoms with Crippen molar-refractivity contribution in [1.82, 2.24) is 5.32 Å². The summed E-state index contributed by atoms with van der Waals surface area (Å²) < 4.78 is 5.33. The zero-order valence-electron chi connectivity index (χ0n) is 12.7. The Hall–Kier alpha value is -2.15. The average molecular weight is 310 g/mol. The summed E-state index contributed by atoms with van der Waals surface area (Å²) in [6.07, 6.45) is 7.41. The van der Waals surface area contributed by atoms with Crippen LogP contribution in [-0.2, 0) is 6.54 Å². The lowest BCUT2D eigenvalue weighted by atomic mass is 9.95. The fraction of sp³-hybridized carbons (Fsp3) is 0.533. The molecule has 0 aromatic heterocycles.